The Kier molecular flexibility index (Phi) is 6.04. The molecule has 0 unspecified atom stereocenters. The third kappa shape index (κ3) is 4.89. The van der Waals surface area contributed by atoms with E-state index in [1.807, 2.05) is 6.07 Å². The Hall–Kier alpha value is -2.72. The Labute approximate surface area is 145 Å². The number of hydrogen-bond acceptors (Lipinski definition) is 3. The first-order chi connectivity index (χ1) is 11.5. The molecular weight excluding hydrogens is 382 g/mol. The van der Waals surface area contributed by atoms with E-state index < -0.39 is 12.5 Å². The van der Waals surface area contributed by atoms with Crippen LogP contribution in [0.2, 0.25) is 0 Å². The average Bonchev–Trinajstić information content (AvgIpc) is 2.55. The standard InChI is InChI=1S/C17H11BrF2N2O2/c18-14-3-1-2-4-15(14)22-16(23)12(10-21)9-11-5-7-13(8-6-11)24-17(19)20/h1-9,17H,(H,22,23)/b12-9-. The number of carbonyl (C=O) groups excluding carboxylic acids is 1. The normalized spacial score (nSPS) is 11.0. The summed E-state index contributed by atoms with van der Waals surface area (Å²) in [6.07, 6.45) is 1.36. The summed E-state index contributed by atoms with van der Waals surface area (Å²) in [4.78, 5) is 12.2. The molecule has 4 nitrogen and oxygen atoms in total. The van der Waals surface area contributed by atoms with Gasteiger partial charge in [-0.2, -0.15) is 14.0 Å². The van der Waals surface area contributed by atoms with Gasteiger partial charge < -0.3 is 10.1 Å². The molecular formula is C17H11BrF2N2O2. The minimum atomic E-state index is -2.91. The molecule has 0 heterocycles. The smallest absolute Gasteiger partial charge is 0.387 e. The van der Waals surface area contributed by atoms with Gasteiger partial charge in [-0.3, -0.25) is 4.79 Å². The zero-order valence-electron chi connectivity index (χ0n) is 12.2. The predicted molar refractivity (Wildman–Crippen MR) is 89.4 cm³/mol. The average molecular weight is 393 g/mol. The first kappa shape index (κ1) is 17.6. The molecule has 7 heteroatoms. The number of alkyl halides is 2. The van der Waals surface area contributed by atoms with E-state index in [0.717, 1.165) is 0 Å². The van der Waals surface area contributed by atoms with Crippen LogP contribution in [-0.2, 0) is 4.79 Å². The molecule has 2 aromatic rings. The molecule has 0 spiro atoms. The largest absolute Gasteiger partial charge is 0.435 e. The van der Waals surface area contributed by atoms with Crippen molar-refractivity contribution in [2.75, 3.05) is 5.32 Å². The number of rotatable bonds is 5. The van der Waals surface area contributed by atoms with E-state index in [4.69, 9.17) is 5.26 Å². The second-order valence-corrected chi connectivity index (χ2v) is 5.41. The van der Waals surface area contributed by atoms with Gasteiger partial charge in [-0.15, -0.1) is 0 Å². The molecule has 0 aliphatic carbocycles. The molecule has 2 rings (SSSR count). The molecule has 1 N–H and O–H groups in total. The van der Waals surface area contributed by atoms with Crippen molar-refractivity contribution in [2.24, 2.45) is 0 Å². The summed E-state index contributed by atoms with van der Waals surface area (Å²) in [6.45, 7) is -2.91. The van der Waals surface area contributed by atoms with Crippen molar-refractivity contribution in [3.8, 4) is 11.8 Å². The first-order valence-electron chi connectivity index (χ1n) is 6.72. The van der Waals surface area contributed by atoms with Gasteiger partial charge in [0.1, 0.15) is 17.4 Å². The lowest BCUT2D eigenvalue weighted by Crippen LogP contribution is -2.13. The number of hydrogen-bond donors (Lipinski definition) is 1. The summed E-state index contributed by atoms with van der Waals surface area (Å²) >= 11 is 3.30. The summed E-state index contributed by atoms with van der Waals surface area (Å²) < 4.78 is 29.1. The van der Waals surface area contributed by atoms with Gasteiger partial charge in [0, 0.05) is 4.47 Å². The van der Waals surface area contributed by atoms with Crippen LogP contribution >= 0.6 is 15.9 Å². The van der Waals surface area contributed by atoms with Crippen LogP contribution in [0.5, 0.6) is 5.75 Å². The highest BCUT2D eigenvalue weighted by Crippen LogP contribution is 2.22. The second kappa shape index (κ2) is 8.22. The van der Waals surface area contributed by atoms with Crippen LogP contribution in [0.3, 0.4) is 0 Å². The summed E-state index contributed by atoms with van der Waals surface area (Å²) in [7, 11) is 0. The van der Waals surface area contributed by atoms with Gasteiger partial charge in [0.25, 0.3) is 5.91 Å². The van der Waals surface area contributed by atoms with Crippen molar-refractivity contribution in [3.63, 3.8) is 0 Å². The van der Waals surface area contributed by atoms with Crippen LogP contribution in [0.1, 0.15) is 5.56 Å². The van der Waals surface area contributed by atoms with E-state index in [1.54, 1.807) is 24.3 Å². The molecule has 2 aromatic carbocycles. The van der Waals surface area contributed by atoms with Crippen molar-refractivity contribution in [1.29, 1.82) is 5.26 Å². The SMILES string of the molecule is N#C/C(=C/c1ccc(OC(F)F)cc1)C(=O)Nc1ccccc1Br. The minimum Gasteiger partial charge on any atom is -0.435 e. The maximum Gasteiger partial charge on any atom is 0.387 e. The molecule has 122 valence electrons. The topological polar surface area (TPSA) is 62.1 Å². The monoisotopic (exact) mass is 392 g/mol. The summed E-state index contributed by atoms with van der Waals surface area (Å²) in [5.41, 5.74) is 0.924. The summed E-state index contributed by atoms with van der Waals surface area (Å²) in [5.74, 6) is -0.573. The van der Waals surface area contributed by atoms with Gasteiger partial charge in [-0.05, 0) is 51.8 Å². The van der Waals surface area contributed by atoms with E-state index in [1.165, 1.54) is 30.3 Å². The van der Waals surface area contributed by atoms with Crippen molar-refractivity contribution >= 4 is 33.6 Å². The van der Waals surface area contributed by atoms with Crippen LogP contribution in [0, 0.1) is 11.3 Å². The van der Waals surface area contributed by atoms with Crippen LogP contribution in [0.15, 0.2) is 58.6 Å². The minimum absolute atomic E-state index is 0.00155. The molecule has 0 aliphatic rings. The lowest BCUT2D eigenvalue weighted by Gasteiger charge is -2.07. The number of amides is 1. The lowest BCUT2D eigenvalue weighted by atomic mass is 10.1. The van der Waals surface area contributed by atoms with Gasteiger partial charge in [0.15, 0.2) is 0 Å². The van der Waals surface area contributed by atoms with E-state index in [2.05, 4.69) is 26.0 Å². The maximum absolute atomic E-state index is 12.2. The molecule has 0 aromatic heterocycles. The van der Waals surface area contributed by atoms with Crippen LogP contribution in [0.25, 0.3) is 6.08 Å². The second-order valence-electron chi connectivity index (χ2n) is 4.55. The molecule has 24 heavy (non-hydrogen) atoms. The van der Waals surface area contributed by atoms with Crippen LogP contribution in [-0.4, -0.2) is 12.5 Å². The molecule has 0 saturated heterocycles. The number of nitrogens with zero attached hydrogens (tertiary/aromatic N) is 1. The van der Waals surface area contributed by atoms with E-state index in [-0.39, 0.29) is 11.3 Å². The van der Waals surface area contributed by atoms with Gasteiger partial charge in [0.05, 0.1) is 5.69 Å². The van der Waals surface area contributed by atoms with E-state index in [9.17, 15) is 13.6 Å². The van der Waals surface area contributed by atoms with Gasteiger partial charge in [0.2, 0.25) is 0 Å². The van der Waals surface area contributed by atoms with Crippen molar-refractivity contribution in [2.45, 2.75) is 6.61 Å². The van der Waals surface area contributed by atoms with Crippen molar-refractivity contribution in [1.82, 2.24) is 0 Å². The number of halogens is 3. The number of para-hydroxylation sites is 1. The number of ether oxygens (including phenoxy) is 1. The Balaban J connectivity index is 2.15. The molecule has 0 aliphatic heterocycles. The number of benzene rings is 2. The number of nitrogens with one attached hydrogen (secondary N) is 1. The Morgan fingerprint density at radius 1 is 1.21 bits per heavy atom. The zero-order valence-corrected chi connectivity index (χ0v) is 13.8. The molecule has 0 bridgehead atoms. The Bertz CT molecular complexity index is 799. The first-order valence-corrected chi connectivity index (χ1v) is 7.51. The summed E-state index contributed by atoms with van der Waals surface area (Å²) in [6, 6.07) is 14.4. The van der Waals surface area contributed by atoms with Gasteiger partial charge in [-0.25, -0.2) is 0 Å². The third-order valence-electron chi connectivity index (χ3n) is 2.90. The fourth-order valence-electron chi connectivity index (χ4n) is 1.81. The molecule has 0 saturated carbocycles. The highest BCUT2D eigenvalue weighted by Gasteiger charge is 2.11. The summed E-state index contributed by atoms with van der Waals surface area (Å²) in [5, 5.41) is 11.8. The Morgan fingerprint density at radius 2 is 1.88 bits per heavy atom. The van der Waals surface area contributed by atoms with Crippen LogP contribution < -0.4 is 10.1 Å². The van der Waals surface area contributed by atoms with Crippen LogP contribution in [0.4, 0.5) is 14.5 Å². The highest BCUT2D eigenvalue weighted by atomic mass is 79.9. The third-order valence-corrected chi connectivity index (χ3v) is 3.59. The van der Waals surface area contributed by atoms with E-state index in [0.29, 0.717) is 15.7 Å². The maximum atomic E-state index is 12.2. The molecule has 0 atom stereocenters. The molecule has 1 amide bonds. The number of anilines is 1. The highest BCUT2D eigenvalue weighted by molar-refractivity contribution is 9.10. The fourth-order valence-corrected chi connectivity index (χ4v) is 2.20. The van der Waals surface area contributed by atoms with Crippen molar-refractivity contribution < 1.29 is 18.3 Å². The van der Waals surface area contributed by atoms with E-state index >= 15 is 0 Å². The zero-order chi connectivity index (χ0) is 17.5. The van der Waals surface area contributed by atoms with Gasteiger partial charge >= 0.3 is 6.61 Å². The molecule has 0 fully saturated rings. The predicted octanol–water partition coefficient (Wildman–Crippen LogP) is 4.60. The molecule has 0 radical (unpaired) electrons. The fraction of sp³-hybridized carbons (Fsp3) is 0.0588. The van der Waals surface area contributed by atoms with Gasteiger partial charge in [-0.1, -0.05) is 24.3 Å². The van der Waals surface area contributed by atoms with Crippen molar-refractivity contribution in [3.05, 3.63) is 64.1 Å². The lowest BCUT2D eigenvalue weighted by molar-refractivity contribution is -0.112. The Morgan fingerprint density at radius 3 is 2.46 bits per heavy atom. The number of carbonyl (C=O) groups is 1. The quantitative estimate of drug-likeness (QED) is 0.597. The number of nitriles is 1.